The molecule has 0 saturated heterocycles. The van der Waals surface area contributed by atoms with Gasteiger partial charge in [-0.2, -0.15) is 0 Å². The highest BCUT2D eigenvalue weighted by atomic mass is 16.5. The molecule has 1 aromatic carbocycles. The number of nitrogens with two attached hydrogens (primary N) is 1. The van der Waals surface area contributed by atoms with E-state index in [1.807, 2.05) is 19.1 Å². The van der Waals surface area contributed by atoms with Crippen LogP contribution in [0.15, 0.2) is 18.2 Å². The van der Waals surface area contributed by atoms with Gasteiger partial charge < -0.3 is 15.6 Å². The van der Waals surface area contributed by atoms with E-state index in [9.17, 15) is 5.11 Å². The van der Waals surface area contributed by atoms with Crippen molar-refractivity contribution in [2.75, 3.05) is 6.61 Å². The molecule has 76 valence electrons. The lowest BCUT2D eigenvalue weighted by molar-refractivity contribution is 0.246. The number of aromatic hydroxyl groups is 1. The molecular formula is C11H15NO2. The Morgan fingerprint density at radius 1 is 1.57 bits per heavy atom. The summed E-state index contributed by atoms with van der Waals surface area (Å²) in [6, 6.07) is 5.54. The van der Waals surface area contributed by atoms with Gasteiger partial charge in [0.25, 0.3) is 0 Å². The smallest absolute Gasteiger partial charge is 0.164 e. The summed E-state index contributed by atoms with van der Waals surface area (Å²) in [6.07, 6.45) is 0.925. The molecule has 0 amide bonds. The first-order valence-corrected chi connectivity index (χ1v) is 4.90. The third-order valence-electron chi connectivity index (χ3n) is 2.73. The fraction of sp³-hybridized carbons (Fsp3) is 0.455. The minimum absolute atomic E-state index is 0.0967. The highest BCUT2D eigenvalue weighted by Crippen LogP contribution is 2.40. The van der Waals surface area contributed by atoms with Gasteiger partial charge in [0.05, 0.1) is 6.61 Å². The van der Waals surface area contributed by atoms with Crippen LogP contribution < -0.4 is 10.5 Å². The van der Waals surface area contributed by atoms with E-state index in [0.29, 0.717) is 18.3 Å². The number of rotatable bonds is 1. The van der Waals surface area contributed by atoms with Gasteiger partial charge >= 0.3 is 0 Å². The maximum Gasteiger partial charge on any atom is 0.164 e. The molecule has 2 rings (SSSR count). The van der Waals surface area contributed by atoms with Crippen LogP contribution in [0.25, 0.3) is 0 Å². The van der Waals surface area contributed by atoms with Crippen molar-refractivity contribution in [3.63, 3.8) is 0 Å². The Morgan fingerprint density at radius 2 is 2.36 bits per heavy atom. The summed E-state index contributed by atoms with van der Waals surface area (Å²) in [5.74, 6) is 1.12. The maximum atomic E-state index is 9.59. The molecule has 1 aliphatic rings. The Bertz CT molecular complexity index is 336. The third-order valence-corrected chi connectivity index (χ3v) is 2.73. The predicted octanol–water partition coefficient (Wildman–Crippen LogP) is 1.61. The SMILES string of the molecule is CC(N)C1CCOc2c(O)cccc21. The van der Waals surface area contributed by atoms with Gasteiger partial charge in [0, 0.05) is 17.5 Å². The fourth-order valence-electron chi connectivity index (χ4n) is 1.98. The highest BCUT2D eigenvalue weighted by Gasteiger charge is 2.25. The number of para-hydroxylation sites is 1. The van der Waals surface area contributed by atoms with E-state index in [2.05, 4.69) is 0 Å². The summed E-state index contributed by atoms with van der Waals surface area (Å²) in [6.45, 7) is 2.63. The summed E-state index contributed by atoms with van der Waals surface area (Å²) in [5, 5.41) is 9.59. The standard InChI is InChI=1S/C11H15NO2/c1-7(12)8-5-6-14-11-9(8)3-2-4-10(11)13/h2-4,7-8,13H,5-6,12H2,1H3. The number of phenolic OH excluding ortho intramolecular Hbond substituents is 1. The second kappa shape index (κ2) is 3.50. The molecule has 2 atom stereocenters. The third kappa shape index (κ3) is 1.44. The summed E-state index contributed by atoms with van der Waals surface area (Å²) >= 11 is 0. The van der Waals surface area contributed by atoms with Gasteiger partial charge in [-0.3, -0.25) is 0 Å². The summed E-state index contributed by atoms with van der Waals surface area (Å²) < 4.78 is 5.43. The Labute approximate surface area is 83.5 Å². The van der Waals surface area contributed by atoms with Crippen molar-refractivity contribution in [3.05, 3.63) is 23.8 Å². The van der Waals surface area contributed by atoms with Crippen molar-refractivity contribution < 1.29 is 9.84 Å². The maximum absolute atomic E-state index is 9.59. The summed E-state index contributed by atoms with van der Waals surface area (Å²) in [7, 11) is 0. The van der Waals surface area contributed by atoms with Crippen LogP contribution in [0.4, 0.5) is 0 Å². The summed E-state index contributed by atoms with van der Waals surface area (Å²) in [5.41, 5.74) is 6.93. The second-order valence-corrected chi connectivity index (χ2v) is 3.80. The number of phenols is 1. The average molecular weight is 193 g/mol. The number of benzene rings is 1. The van der Waals surface area contributed by atoms with Crippen LogP contribution in [0.1, 0.15) is 24.8 Å². The highest BCUT2D eigenvalue weighted by molar-refractivity contribution is 5.48. The zero-order valence-electron chi connectivity index (χ0n) is 8.23. The van der Waals surface area contributed by atoms with E-state index in [0.717, 1.165) is 12.0 Å². The molecule has 3 nitrogen and oxygen atoms in total. The van der Waals surface area contributed by atoms with Crippen LogP contribution in [0.5, 0.6) is 11.5 Å². The average Bonchev–Trinajstić information content (AvgIpc) is 2.17. The van der Waals surface area contributed by atoms with Crippen molar-refractivity contribution in [2.45, 2.75) is 25.3 Å². The number of hydrogen-bond donors (Lipinski definition) is 2. The molecule has 0 saturated carbocycles. The largest absolute Gasteiger partial charge is 0.504 e. The topological polar surface area (TPSA) is 55.5 Å². The monoisotopic (exact) mass is 193 g/mol. The van der Waals surface area contributed by atoms with Crippen LogP contribution in [0.2, 0.25) is 0 Å². The van der Waals surface area contributed by atoms with Crippen LogP contribution in [0, 0.1) is 0 Å². The van der Waals surface area contributed by atoms with Crippen molar-refractivity contribution in [1.82, 2.24) is 0 Å². The van der Waals surface area contributed by atoms with Gasteiger partial charge in [0.1, 0.15) is 0 Å². The van der Waals surface area contributed by atoms with Gasteiger partial charge in [0.15, 0.2) is 11.5 Å². The van der Waals surface area contributed by atoms with Crippen LogP contribution >= 0.6 is 0 Å². The number of ether oxygens (including phenoxy) is 1. The number of fused-ring (bicyclic) bond motifs is 1. The van der Waals surface area contributed by atoms with E-state index >= 15 is 0 Å². The quantitative estimate of drug-likeness (QED) is 0.712. The molecule has 2 unspecified atom stereocenters. The van der Waals surface area contributed by atoms with Crippen LogP contribution in [-0.4, -0.2) is 17.8 Å². The normalized spacial score (nSPS) is 22.3. The molecule has 0 bridgehead atoms. The molecule has 1 aromatic rings. The lowest BCUT2D eigenvalue weighted by Gasteiger charge is -2.28. The zero-order chi connectivity index (χ0) is 10.1. The molecule has 1 heterocycles. The molecule has 1 aliphatic heterocycles. The molecule has 3 N–H and O–H groups in total. The molecule has 0 radical (unpaired) electrons. The summed E-state index contributed by atoms with van der Waals surface area (Å²) in [4.78, 5) is 0. The van der Waals surface area contributed by atoms with Crippen molar-refractivity contribution in [1.29, 1.82) is 0 Å². The zero-order valence-corrected chi connectivity index (χ0v) is 8.23. The van der Waals surface area contributed by atoms with Crippen molar-refractivity contribution in [2.24, 2.45) is 5.73 Å². The van der Waals surface area contributed by atoms with E-state index in [-0.39, 0.29) is 11.8 Å². The van der Waals surface area contributed by atoms with E-state index < -0.39 is 0 Å². The molecule has 0 aliphatic carbocycles. The van der Waals surface area contributed by atoms with Gasteiger partial charge in [-0.05, 0) is 19.4 Å². The number of hydrogen-bond acceptors (Lipinski definition) is 3. The van der Waals surface area contributed by atoms with Gasteiger partial charge in [0.2, 0.25) is 0 Å². The first kappa shape index (κ1) is 9.34. The van der Waals surface area contributed by atoms with Gasteiger partial charge in [-0.25, -0.2) is 0 Å². The Kier molecular flexibility index (Phi) is 2.33. The van der Waals surface area contributed by atoms with Crippen molar-refractivity contribution >= 4 is 0 Å². The molecule has 0 fully saturated rings. The lowest BCUT2D eigenvalue weighted by Crippen LogP contribution is -2.29. The predicted molar refractivity (Wildman–Crippen MR) is 54.6 cm³/mol. The molecular weight excluding hydrogens is 178 g/mol. The molecule has 0 spiro atoms. The first-order valence-electron chi connectivity index (χ1n) is 4.90. The lowest BCUT2D eigenvalue weighted by atomic mass is 9.88. The first-order chi connectivity index (χ1) is 6.70. The minimum Gasteiger partial charge on any atom is -0.504 e. The molecule has 3 heteroatoms. The second-order valence-electron chi connectivity index (χ2n) is 3.80. The fourth-order valence-corrected chi connectivity index (χ4v) is 1.98. The molecule has 14 heavy (non-hydrogen) atoms. The van der Waals surface area contributed by atoms with E-state index in [1.54, 1.807) is 6.07 Å². The Morgan fingerprint density at radius 3 is 3.07 bits per heavy atom. The Hall–Kier alpha value is -1.22. The van der Waals surface area contributed by atoms with Gasteiger partial charge in [-0.15, -0.1) is 0 Å². The van der Waals surface area contributed by atoms with Crippen LogP contribution in [0.3, 0.4) is 0 Å². The van der Waals surface area contributed by atoms with Crippen LogP contribution in [-0.2, 0) is 0 Å². The van der Waals surface area contributed by atoms with Gasteiger partial charge in [-0.1, -0.05) is 12.1 Å². The van der Waals surface area contributed by atoms with E-state index in [4.69, 9.17) is 10.5 Å². The Balaban J connectivity index is 2.44. The molecule has 0 aromatic heterocycles. The minimum atomic E-state index is 0.0967. The van der Waals surface area contributed by atoms with Crippen molar-refractivity contribution in [3.8, 4) is 11.5 Å². The van der Waals surface area contributed by atoms with E-state index in [1.165, 1.54) is 0 Å².